The van der Waals surface area contributed by atoms with Crippen LogP contribution in [0.4, 0.5) is 5.69 Å². The summed E-state index contributed by atoms with van der Waals surface area (Å²) in [5.41, 5.74) is 2.34. The largest absolute Gasteiger partial charge is 0.493 e. The first-order valence-electron chi connectivity index (χ1n) is 13.5. The zero-order valence-corrected chi connectivity index (χ0v) is 22.5. The lowest BCUT2D eigenvalue weighted by Crippen LogP contribution is -2.32. The smallest absolute Gasteiger partial charge is 0.160 e. The lowest BCUT2D eigenvalue weighted by atomic mass is 9.80. The number of aryl methyl sites for hydroxylation is 2. The zero-order chi connectivity index (χ0) is 26.7. The molecule has 2 aromatic carbocycles. The van der Waals surface area contributed by atoms with Crippen LogP contribution in [0.15, 0.2) is 54.6 Å². The molecular weight excluding hydrogens is 466 g/mol. The molecule has 0 fully saturated rings. The minimum absolute atomic E-state index is 0.0746. The van der Waals surface area contributed by atoms with E-state index < -0.39 is 5.60 Å². The number of unbranched alkanes of at least 4 members (excludes halogenated alkanes) is 1. The predicted octanol–water partition coefficient (Wildman–Crippen LogP) is 5.50. The molecule has 37 heavy (non-hydrogen) atoms. The first-order chi connectivity index (χ1) is 17.8. The van der Waals surface area contributed by atoms with Crippen LogP contribution in [0.2, 0.25) is 0 Å². The number of methoxy groups -OCH3 is 2. The van der Waals surface area contributed by atoms with Crippen LogP contribution < -0.4 is 14.8 Å². The highest BCUT2D eigenvalue weighted by atomic mass is 16.5. The summed E-state index contributed by atoms with van der Waals surface area (Å²) in [6.07, 6.45) is 10.7. The second-order valence-electron chi connectivity index (χ2n) is 10.3. The Morgan fingerprint density at radius 2 is 1.86 bits per heavy atom. The van der Waals surface area contributed by atoms with Crippen molar-refractivity contribution < 1.29 is 24.5 Å². The van der Waals surface area contributed by atoms with E-state index in [1.165, 1.54) is 5.56 Å². The van der Waals surface area contributed by atoms with Crippen molar-refractivity contribution in [1.82, 2.24) is 0 Å². The van der Waals surface area contributed by atoms with Gasteiger partial charge < -0.3 is 25.0 Å². The number of nitrogens with one attached hydrogen (secondary N) is 1. The highest BCUT2D eigenvalue weighted by Gasteiger charge is 2.30. The first-order valence-corrected chi connectivity index (χ1v) is 13.5. The molecule has 0 saturated heterocycles. The Balaban J connectivity index is 1.37. The van der Waals surface area contributed by atoms with Gasteiger partial charge in [-0.05, 0) is 86.8 Å². The number of carbonyl (C=O) groups is 1. The van der Waals surface area contributed by atoms with E-state index in [4.69, 9.17) is 9.47 Å². The van der Waals surface area contributed by atoms with Gasteiger partial charge in [-0.1, -0.05) is 36.8 Å². The van der Waals surface area contributed by atoms with Crippen molar-refractivity contribution in [3.05, 3.63) is 65.7 Å². The van der Waals surface area contributed by atoms with Gasteiger partial charge in [0, 0.05) is 25.1 Å². The fourth-order valence-electron chi connectivity index (χ4n) is 4.91. The number of anilines is 1. The van der Waals surface area contributed by atoms with Crippen LogP contribution in [0.25, 0.3) is 0 Å². The van der Waals surface area contributed by atoms with Crippen molar-refractivity contribution in [2.45, 2.75) is 76.4 Å². The summed E-state index contributed by atoms with van der Waals surface area (Å²) in [5.74, 6) is 1.86. The molecule has 1 aliphatic carbocycles. The van der Waals surface area contributed by atoms with Crippen molar-refractivity contribution in [3.8, 4) is 11.5 Å². The molecule has 0 saturated carbocycles. The maximum atomic E-state index is 12.6. The Labute approximate surface area is 221 Å². The molecule has 0 heterocycles. The monoisotopic (exact) mass is 509 g/mol. The van der Waals surface area contributed by atoms with Crippen LogP contribution in [0.3, 0.4) is 0 Å². The predicted molar refractivity (Wildman–Crippen MR) is 148 cm³/mol. The Hall–Kier alpha value is -2.83. The van der Waals surface area contributed by atoms with E-state index in [1.807, 2.05) is 30.3 Å². The van der Waals surface area contributed by atoms with E-state index in [0.29, 0.717) is 43.2 Å². The van der Waals surface area contributed by atoms with Gasteiger partial charge in [0.15, 0.2) is 11.5 Å². The summed E-state index contributed by atoms with van der Waals surface area (Å²) in [6.45, 7) is 2.32. The SMILES string of the molecule is COc1ccc(CCC(=O)C[C@]2(O)C=C[C@@H](CCCCc3cccc(NC[C@H](C)O)c3)CC2)cc1OC. The number of rotatable bonds is 15. The Bertz CT molecular complexity index is 1030. The average molecular weight is 510 g/mol. The third-order valence-corrected chi connectivity index (χ3v) is 7.09. The topological polar surface area (TPSA) is 88.0 Å². The molecule has 0 unspecified atom stereocenters. The Morgan fingerprint density at radius 3 is 2.57 bits per heavy atom. The third-order valence-electron chi connectivity index (χ3n) is 7.09. The number of hydrogen-bond acceptors (Lipinski definition) is 6. The molecule has 0 radical (unpaired) electrons. The Morgan fingerprint density at radius 1 is 1.08 bits per heavy atom. The van der Waals surface area contributed by atoms with Crippen LogP contribution in [0, 0.1) is 5.92 Å². The standard InChI is InChI=1S/C31H43NO5/c1-23(33)22-32-27-10-6-9-25(19-27)8-5-4-7-24-15-17-31(35,18-16-24)21-28(34)13-11-26-12-14-29(36-2)30(20-26)37-3/h6,9-10,12,14-15,17,19-20,23-24,32-33,35H,4-5,7-8,11,13,16,18,21-22H2,1-3H3/t23-,24+,31-/m0/s1. The molecule has 6 heteroatoms. The fraction of sp³-hybridized carbons (Fsp3) is 0.516. The lowest BCUT2D eigenvalue weighted by molar-refractivity contribution is -0.122. The van der Waals surface area contributed by atoms with Crippen LogP contribution >= 0.6 is 0 Å². The van der Waals surface area contributed by atoms with Crippen LogP contribution in [0.5, 0.6) is 11.5 Å². The van der Waals surface area contributed by atoms with Crippen LogP contribution in [-0.2, 0) is 17.6 Å². The minimum atomic E-state index is -1.02. The molecule has 0 aliphatic heterocycles. The molecule has 0 bridgehead atoms. The van der Waals surface area contributed by atoms with Crippen molar-refractivity contribution in [1.29, 1.82) is 0 Å². The van der Waals surface area contributed by atoms with E-state index in [1.54, 1.807) is 21.1 Å². The number of aliphatic hydroxyl groups is 2. The van der Waals surface area contributed by atoms with Gasteiger partial charge in [-0.15, -0.1) is 0 Å². The first kappa shape index (κ1) is 28.7. The van der Waals surface area contributed by atoms with E-state index in [2.05, 4.69) is 29.6 Å². The van der Waals surface area contributed by atoms with E-state index >= 15 is 0 Å². The summed E-state index contributed by atoms with van der Waals surface area (Å²) >= 11 is 0. The average Bonchev–Trinajstić information content (AvgIpc) is 2.89. The van der Waals surface area contributed by atoms with Gasteiger partial charge in [0.2, 0.25) is 0 Å². The fourth-order valence-corrected chi connectivity index (χ4v) is 4.91. The number of hydrogen-bond donors (Lipinski definition) is 3. The maximum Gasteiger partial charge on any atom is 0.160 e. The van der Waals surface area contributed by atoms with Crippen molar-refractivity contribution in [2.24, 2.45) is 5.92 Å². The van der Waals surface area contributed by atoms with Gasteiger partial charge in [-0.2, -0.15) is 0 Å². The summed E-state index contributed by atoms with van der Waals surface area (Å²) < 4.78 is 10.6. The highest BCUT2D eigenvalue weighted by Crippen LogP contribution is 2.32. The number of ether oxygens (including phenoxy) is 2. The van der Waals surface area contributed by atoms with Crippen molar-refractivity contribution in [3.63, 3.8) is 0 Å². The van der Waals surface area contributed by atoms with Gasteiger partial charge in [-0.3, -0.25) is 4.79 Å². The second kappa shape index (κ2) is 14.2. The molecule has 3 rings (SSSR count). The molecule has 0 aromatic heterocycles. The number of carbonyl (C=O) groups excluding carboxylic acids is 1. The van der Waals surface area contributed by atoms with E-state index in [0.717, 1.165) is 43.4 Å². The molecule has 202 valence electrons. The number of Topliss-reactive ketones (excluding diaryl/α,β-unsaturated/α-hetero) is 1. The minimum Gasteiger partial charge on any atom is -0.493 e. The number of ketones is 1. The van der Waals surface area contributed by atoms with E-state index in [-0.39, 0.29) is 18.3 Å². The third kappa shape index (κ3) is 9.52. The van der Waals surface area contributed by atoms with Crippen LogP contribution in [-0.4, -0.2) is 48.5 Å². The number of benzene rings is 2. The van der Waals surface area contributed by atoms with Crippen molar-refractivity contribution >= 4 is 11.5 Å². The Kier molecular flexibility index (Phi) is 11.0. The summed E-state index contributed by atoms with van der Waals surface area (Å²) in [4.78, 5) is 12.6. The molecule has 1 aliphatic rings. The maximum absolute atomic E-state index is 12.6. The van der Waals surface area contributed by atoms with Crippen LogP contribution in [0.1, 0.15) is 63.0 Å². The molecule has 3 N–H and O–H groups in total. The molecule has 0 amide bonds. The molecule has 6 nitrogen and oxygen atoms in total. The van der Waals surface area contributed by atoms with Gasteiger partial charge in [0.1, 0.15) is 5.78 Å². The number of aliphatic hydroxyl groups excluding tert-OH is 1. The molecule has 0 spiro atoms. The normalized spacial score (nSPS) is 19.9. The lowest BCUT2D eigenvalue weighted by Gasteiger charge is -2.30. The van der Waals surface area contributed by atoms with E-state index in [9.17, 15) is 15.0 Å². The second-order valence-corrected chi connectivity index (χ2v) is 10.3. The van der Waals surface area contributed by atoms with Crippen molar-refractivity contribution in [2.75, 3.05) is 26.1 Å². The van der Waals surface area contributed by atoms with Gasteiger partial charge in [-0.25, -0.2) is 0 Å². The summed E-state index contributed by atoms with van der Waals surface area (Å²) in [5, 5.41) is 23.7. The summed E-state index contributed by atoms with van der Waals surface area (Å²) in [6, 6.07) is 14.1. The van der Waals surface area contributed by atoms with Gasteiger partial charge in [0.25, 0.3) is 0 Å². The molecule has 3 atom stereocenters. The zero-order valence-electron chi connectivity index (χ0n) is 22.5. The highest BCUT2D eigenvalue weighted by molar-refractivity contribution is 5.80. The molecular formula is C31H43NO5. The van der Waals surface area contributed by atoms with Gasteiger partial charge >= 0.3 is 0 Å². The van der Waals surface area contributed by atoms with Gasteiger partial charge in [0.05, 0.1) is 25.9 Å². The molecule has 2 aromatic rings. The summed E-state index contributed by atoms with van der Waals surface area (Å²) in [7, 11) is 3.20. The quantitative estimate of drug-likeness (QED) is 0.217. The number of allylic oxidation sites excluding steroid dienone is 1.